The summed E-state index contributed by atoms with van der Waals surface area (Å²) >= 11 is 0. The fourth-order valence-corrected chi connectivity index (χ4v) is 3.49. The van der Waals surface area contributed by atoms with Crippen molar-refractivity contribution in [1.82, 2.24) is 10.2 Å². The lowest BCUT2D eigenvalue weighted by Crippen LogP contribution is -2.53. The fourth-order valence-electron chi connectivity index (χ4n) is 3.49. The summed E-state index contributed by atoms with van der Waals surface area (Å²) in [6, 6.07) is 9.49. The first-order valence-corrected chi connectivity index (χ1v) is 11.5. The molecule has 0 saturated carbocycles. The molecule has 1 N–H and O–H groups in total. The van der Waals surface area contributed by atoms with Crippen LogP contribution in [0.1, 0.15) is 38.3 Å². The van der Waals surface area contributed by atoms with E-state index in [1.807, 2.05) is 20.8 Å². The lowest BCUT2D eigenvalue weighted by Gasteiger charge is -2.26. The van der Waals surface area contributed by atoms with Crippen molar-refractivity contribution in [3.05, 3.63) is 53.1 Å². The maximum atomic E-state index is 13.2. The second-order valence-electron chi connectivity index (χ2n) is 7.61. The van der Waals surface area contributed by atoms with Gasteiger partial charge >= 0.3 is 6.03 Å². The molecule has 2 aromatic carbocycles. The summed E-state index contributed by atoms with van der Waals surface area (Å²) in [6.07, 6.45) is 2.27. The predicted molar refractivity (Wildman–Crippen MR) is 130 cm³/mol. The van der Waals surface area contributed by atoms with E-state index in [-0.39, 0.29) is 12.1 Å². The largest absolute Gasteiger partial charge is 0.493 e. The van der Waals surface area contributed by atoms with Gasteiger partial charge in [-0.2, -0.15) is 0 Å². The molecule has 4 amide bonds. The highest BCUT2D eigenvalue weighted by Gasteiger charge is 2.35. The van der Waals surface area contributed by atoms with Crippen LogP contribution < -0.4 is 24.3 Å². The number of amides is 4. The lowest BCUT2D eigenvalue weighted by molar-refractivity contribution is -0.130. The van der Waals surface area contributed by atoms with E-state index < -0.39 is 17.8 Å². The molecule has 1 aliphatic heterocycles. The molecular weight excluding hydrogens is 452 g/mol. The first-order chi connectivity index (χ1) is 16.9. The SMILES string of the molecule is CCCOc1ccc(CN2C(=O)NC(=O)/C(=C\c3ccc(OC)c(OCC)c3)C2=O)cc1OCC. The monoisotopic (exact) mass is 482 g/mol. The van der Waals surface area contributed by atoms with Crippen LogP contribution in [-0.2, 0) is 16.1 Å². The number of methoxy groups -OCH3 is 1. The quantitative estimate of drug-likeness (QED) is 0.382. The number of urea groups is 1. The standard InChI is InChI=1S/C26H30N2O7/c1-5-12-35-21-11-9-18(15-23(21)34-7-3)16-28-25(30)19(24(29)27-26(28)31)13-17-8-10-20(32-4)22(14-17)33-6-2/h8-11,13-15H,5-7,12,16H2,1-4H3,(H,27,29,31)/b19-13+. The van der Waals surface area contributed by atoms with Crippen LogP contribution in [0.3, 0.4) is 0 Å². The number of barbiturate groups is 1. The van der Waals surface area contributed by atoms with Gasteiger partial charge in [0, 0.05) is 0 Å². The minimum Gasteiger partial charge on any atom is -0.493 e. The van der Waals surface area contributed by atoms with Gasteiger partial charge in [-0.25, -0.2) is 4.79 Å². The highest BCUT2D eigenvalue weighted by Crippen LogP contribution is 2.31. The van der Waals surface area contributed by atoms with Crippen LogP contribution in [0, 0.1) is 0 Å². The van der Waals surface area contributed by atoms with Crippen molar-refractivity contribution in [2.24, 2.45) is 0 Å². The number of benzene rings is 2. The number of nitrogens with one attached hydrogen (secondary N) is 1. The molecule has 1 saturated heterocycles. The summed E-state index contributed by atoms with van der Waals surface area (Å²) in [5, 5.41) is 2.24. The van der Waals surface area contributed by atoms with E-state index >= 15 is 0 Å². The van der Waals surface area contributed by atoms with E-state index in [1.165, 1.54) is 13.2 Å². The molecule has 0 aromatic heterocycles. The van der Waals surface area contributed by atoms with Crippen LogP contribution in [0.25, 0.3) is 6.08 Å². The highest BCUT2D eigenvalue weighted by atomic mass is 16.5. The number of ether oxygens (including phenoxy) is 4. The first kappa shape index (κ1) is 25.6. The molecule has 0 spiro atoms. The van der Waals surface area contributed by atoms with Gasteiger partial charge in [-0.15, -0.1) is 0 Å². The number of carbonyl (C=O) groups excluding carboxylic acids is 3. The van der Waals surface area contributed by atoms with E-state index in [0.29, 0.717) is 53.9 Å². The van der Waals surface area contributed by atoms with Gasteiger partial charge in [0.2, 0.25) is 0 Å². The molecule has 0 unspecified atom stereocenters. The maximum Gasteiger partial charge on any atom is 0.331 e. The average Bonchev–Trinajstić information content (AvgIpc) is 2.84. The van der Waals surface area contributed by atoms with Crippen molar-refractivity contribution in [2.45, 2.75) is 33.7 Å². The number of rotatable bonds is 11. The van der Waals surface area contributed by atoms with E-state index in [4.69, 9.17) is 18.9 Å². The van der Waals surface area contributed by atoms with Crippen LogP contribution in [0.5, 0.6) is 23.0 Å². The topological polar surface area (TPSA) is 103 Å². The smallest absolute Gasteiger partial charge is 0.331 e. The van der Waals surface area contributed by atoms with Crippen LogP contribution in [-0.4, -0.2) is 49.7 Å². The van der Waals surface area contributed by atoms with Gasteiger partial charge in [0.25, 0.3) is 11.8 Å². The molecule has 1 heterocycles. The second-order valence-corrected chi connectivity index (χ2v) is 7.61. The third-order valence-corrected chi connectivity index (χ3v) is 5.09. The van der Waals surface area contributed by atoms with Gasteiger partial charge in [-0.3, -0.25) is 19.8 Å². The zero-order valence-electron chi connectivity index (χ0n) is 20.4. The van der Waals surface area contributed by atoms with Crippen LogP contribution >= 0.6 is 0 Å². The number of carbonyl (C=O) groups is 3. The Morgan fingerprint density at radius 1 is 0.857 bits per heavy atom. The highest BCUT2D eigenvalue weighted by molar-refractivity contribution is 6.30. The van der Waals surface area contributed by atoms with Gasteiger partial charge in [0.1, 0.15) is 5.57 Å². The molecule has 0 atom stereocenters. The summed E-state index contributed by atoms with van der Waals surface area (Å²) in [7, 11) is 1.52. The molecular formula is C26H30N2O7. The van der Waals surface area contributed by atoms with Gasteiger partial charge in [0.05, 0.1) is 33.5 Å². The summed E-state index contributed by atoms with van der Waals surface area (Å²) < 4.78 is 22.2. The molecule has 0 aliphatic carbocycles. The molecule has 3 rings (SSSR count). The Hall–Kier alpha value is -4.01. The number of hydrogen-bond acceptors (Lipinski definition) is 7. The van der Waals surface area contributed by atoms with E-state index in [2.05, 4.69) is 5.32 Å². The molecule has 35 heavy (non-hydrogen) atoms. The third-order valence-electron chi connectivity index (χ3n) is 5.09. The molecule has 9 heteroatoms. The molecule has 2 aromatic rings. The van der Waals surface area contributed by atoms with E-state index in [9.17, 15) is 14.4 Å². The van der Waals surface area contributed by atoms with E-state index in [0.717, 1.165) is 11.3 Å². The Bertz CT molecular complexity index is 1130. The second kappa shape index (κ2) is 11.9. The van der Waals surface area contributed by atoms with Crippen molar-refractivity contribution >= 4 is 23.9 Å². The van der Waals surface area contributed by atoms with Crippen molar-refractivity contribution in [3.63, 3.8) is 0 Å². The maximum absolute atomic E-state index is 13.2. The molecule has 186 valence electrons. The first-order valence-electron chi connectivity index (χ1n) is 11.5. The normalized spacial score (nSPS) is 14.7. The van der Waals surface area contributed by atoms with Crippen LogP contribution in [0.4, 0.5) is 4.79 Å². The minimum absolute atomic E-state index is 0.0454. The zero-order chi connectivity index (χ0) is 25.4. The van der Waals surface area contributed by atoms with Gasteiger partial charge in [-0.1, -0.05) is 19.1 Å². The molecule has 0 bridgehead atoms. The van der Waals surface area contributed by atoms with Gasteiger partial charge in [0.15, 0.2) is 23.0 Å². The van der Waals surface area contributed by atoms with Crippen molar-refractivity contribution in [3.8, 4) is 23.0 Å². The van der Waals surface area contributed by atoms with Crippen molar-refractivity contribution < 1.29 is 33.3 Å². The van der Waals surface area contributed by atoms with Gasteiger partial charge < -0.3 is 18.9 Å². The number of imide groups is 2. The molecule has 1 aliphatic rings. The summed E-state index contributed by atoms with van der Waals surface area (Å²) in [6.45, 7) is 7.05. The third kappa shape index (κ3) is 6.11. The van der Waals surface area contributed by atoms with Crippen molar-refractivity contribution in [2.75, 3.05) is 26.9 Å². The Morgan fingerprint density at radius 2 is 1.54 bits per heavy atom. The summed E-state index contributed by atoms with van der Waals surface area (Å²) in [5.41, 5.74) is 1.04. The summed E-state index contributed by atoms with van der Waals surface area (Å²) in [4.78, 5) is 39.2. The molecule has 1 fully saturated rings. The minimum atomic E-state index is -0.786. The van der Waals surface area contributed by atoms with Crippen LogP contribution in [0.2, 0.25) is 0 Å². The van der Waals surface area contributed by atoms with Gasteiger partial charge in [-0.05, 0) is 61.7 Å². The Labute approximate surface area is 204 Å². The predicted octanol–water partition coefficient (Wildman–Crippen LogP) is 3.94. The zero-order valence-corrected chi connectivity index (χ0v) is 20.4. The Kier molecular flexibility index (Phi) is 8.72. The Balaban J connectivity index is 1.88. The molecule has 9 nitrogen and oxygen atoms in total. The number of hydrogen-bond donors (Lipinski definition) is 1. The summed E-state index contributed by atoms with van der Waals surface area (Å²) in [5.74, 6) is 0.667. The molecule has 0 radical (unpaired) electrons. The fraction of sp³-hybridized carbons (Fsp3) is 0.346. The Morgan fingerprint density at radius 3 is 2.20 bits per heavy atom. The number of nitrogens with zero attached hydrogens (tertiary/aromatic N) is 1. The lowest BCUT2D eigenvalue weighted by atomic mass is 10.1. The van der Waals surface area contributed by atoms with Crippen LogP contribution in [0.15, 0.2) is 42.0 Å². The average molecular weight is 483 g/mol. The van der Waals surface area contributed by atoms with E-state index in [1.54, 1.807) is 36.4 Å². The van der Waals surface area contributed by atoms with Crippen molar-refractivity contribution in [1.29, 1.82) is 0 Å².